The molecule has 21 heavy (non-hydrogen) atoms. The van der Waals surface area contributed by atoms with E-state index in [0.717, 1.165) is 12.6 Å². The molecule has 1 aliphatic heterocycles. The highest BCUT2D eigenvalue weighted by Gasteiger charge is 2.42. The first-order valence-corrected chi connectivity index (χ1v) is 10.1. The Kier molecular flexibility index (Phi) is 4.61. The van der Waals surface area contributed by atoms with Gasteiger partial charge in [0.15, 0.2) is 0 Å². The summed E-state index contributed by atoms with van der Waals surface area (Å²) in [5.74, 6) is -0.201. The van der Waals surface area contributed by atoms with E-state index in [4.69, 9.17) is 4.74 Å². The minimum absolute atomic E-state index is 0.201. The maximum Gasteiger partial charge on any atom is 0.325 e. The summed E-state index contributed by atoms with van der Waals surface area (Å²) in [5.41, 5.74) is -0.657. The minimum atomic E-state index is -1.18. The van der Waals surface area contributed by atoms with Crippen LogP contribution in [-0.2, 0) is 4.74 Å². The van der Waals surface area contributed by atoms with Crippen molar-refractivity contribution in [1.82, 2.24) is 9.97 Å². The number of hydrogen-bond donors (Lipinski definition) is 3. The molecule has 0 radical (unpaired) electrons. The van der Waals surface area contributed by atoms with E-state index in [1.807, 2.05) is 6.92 Å². The Labute approximate surface area is 123 Å². The lowest BCUT2D eigenvalue weighted by Gasteiger charge is -2.18. The van der Waals surface area contributed by atoms with E-state index >= 15 is 0 Å². The van der Waals surface area contributed by atoms with Crippen LogP contribution in [0.1, 0.15) is 25.0 Å². The number of nitrogens with one attached hydrogen (secondary N) is 2. The predicted octanol–water partition coefficient (Wildman–Crippen LogP) is 0.599. The molecule has 2 heterocycles. The van der Waals surface area contributed by atoms with Gasteiger partial charge in [0.25, 0.3) is 5.56 Å². The molecule has 3 N–H and O–H groups in total. The Morgan fingerprint density at radius 2 is 2.10 bits per heavy atom. The van der Waals surface area contributed by atoms with E-state index in [1.54, 1.807) is 0 Å². The number of hydrogen-bond acceptors (Lipinski definition) is 4. The largest absolute Gasteiger partial charge is 0.390 e. The van der Waals surface area contributed by atoms with Gasteiger partial charge in [-0.3, -0.25) is 9.78 Å². The van der Waals surface area contributed by atoms with Gasteiger partial charge in [-0.2, -0.15) is 0 Å². The summed E-state index contributed by atoms with van der Waals surface area (Å²) in [6.07, 6.45) is 5.77. The van der Waals surface area contributed by atoms with Crippen molar-refractivity contribution < 1.29 is 9.84 Å². The zero-order valence-electron chi connectivity index (χ0n) is 12.6. The van der Waals surface area contributed by atoms with Crippen molar-refractivity contribution in [3.8, 4) is 0 Å². The number of aliphatic hydroxyl groups excluding tert-OH is 1. The van der Waals surface area contributed by atoms with Crippen LogP contribution in [0, 0.1) is 5.92 Å². The van der Waals surface area contributed by atoms with Crippen LogP contribution in [0.2, 0.25) is 0 Å². The lowest BCUT2D eigenvalue weighted by atomic mass is 9.94. The fourth-order valence-corrected chi connectivity index (χ4v) is 3.57. The van der Waals surface area contributed by atoms with Crippen LogP contribution in [0.4, 0.5) is 0 Å². The van der Waals surface area contributed by atoms with Gasteiger partial charge >= 0.3 is 5.69 Å². The zero-order chi connectivity index (χ0) is 15.8. The second kappa shape index (κ2) is 5.95. The van der Waals surface area contributed by atoms with Crippen LogP contribution in [0.5, 0.6) is 0 Å². The number of aromatic nitrogens is 2. The van der Waals surface area contributed by atoms with Crippen molar-refractivity contribution in [1.29, 1.82) is 0 Å². The van der Waals surface area contributed by atoms with Gasteiger partial charge < -0.3 is 14.8 Å². The Morgan fingerprint density at radius 1 is 1.43 bits per heavy atom. The van der Waals surface area contributed by atoms with Crippen LogP contribution >= 0.6 is 6.89 Å². The fraction of sp³-hybridized carbons (Fsp3) is 0.643. The van der Waals surface area contributed by atoms with Crippen molar-refractivity contribution in [2.75, 3.05) is 19.5 Å². The molecule has 2 rings (SSSR count). The third-order valence-corrected chi connectivity index (χ3v) is 5.36. The van der Waals surface area contributed by atoms with E-state index in [9.17, 15) is 14.7 Å². The highest BCUT2D eigenvalue weighted by Crippen LogP contribution is 2.42. The Hall–Kier alpha value is -1.10. The third kappa shape index (κ3) is 3.76. The molecule has 7 heteroatoms. The van der Waals surface area contributed by atoms with E-state index in [1.165, 1.54) is 6.20 Å². The molecule has 0 aromatic carbocycles. The number of aromatic amines is 2. The van der Waals surface area contributed by atoms with E-state index in [2.05, 4.69) is 29.6 Å². The van der Waals surface area contributed by atoms with E-state index < -0.39 is 30.3 Å². The summed E-state index contributed by atoms with van der Waals surface area (Å²) in [6, 6.07) is 0. The fourth-order valence-electron chi connectivity index (χ4n) is 2.61. The van der Waals surface area contributed by atoms with Crippen molar-refractivity contribution in [3.05, 3.63) is 32.6 Å². The summed E-state index contributed by atoms with van der Waals surface area (Å²) >= 11 is 0. The molecule has 1 saturated heterocycles. The molecule has 0 unspecified atom stereocenters. The average Bonchev–Trinajstić information content (AvgIpc) is 2.64. The van der Waals surface area contributed by atoms with Gasteiger partial charge in [0.1, 0.15) is 0 Å². The lowest BCUT2D eigenvalue weighted by molar-refractivity contribution is 0.00757. The van der Waals surface area contributed by atoms with Crippen LogP contribution in [0.15, 0.2) is 15.8 Å². The Bertz CT molecular complexity index is 659. The Morgan fingerprint density at radius 3 is 2.67 bits per heavy atom. The highest BCUT2D eigenvalue weighted by molar-refractivity contribution is 7.72. The molecule has 0 bridgehead atoms. The number of aliphatic hydroxyl groups is 1. The molecule has 4 atom stereocenters. The minimum Gasteiger partial charge on any atom is -0.390 e. The first-order valence-electron chi connectivity index (χ1n) is 7.02. The van der Waals surface area contributed by atoms with E-state index in [-0.39, 0.29) is 12.0 Å². The average molecular weight is 314 g/mol. The van der Waals surface area contributed by atoms with Crippen molar-refractivity contribution >= 4 is 13.2 Å². The molecule has 118 valence electrons. The standard InChI is InChI=1S/C14H23N2O4P/c1-8-11(17)10(5-6-21(2,3)4)20-12(8)9-7-15-14(19)16-13(9)18/h7-8,10-12,17H,2,5-6H2,1,3-4H3,(H2,15,16,18,19)/t8-,10-,11+,12-/m1/s1. The number of ether oxygens (including phenoxy) is 1. The van der Waals surface area contributed by atoms with Gasteiger partial charge in [-0.15, -0.1) is 13.2 Å². The SMILES string of the molecule is C=P(C)(C)CC[C@H]1O[C@@H](c2c[nH]c(=O)[nH]c2=O)[C@H](C)[C@@H]1O. The van der Waals surface area contributed by atoms with Gasteiger partial charge in [-0.05, 0) is 25.9 Å². The Balaban J connectivity index is 2.18. The summed E-state index contributed by atoms with van der Waals surface area (Å²) in [5, 5.41) is 10.3. The van der Waals surface area contributed by atoms with Gasteiger partial charge in [0.05, 0.1) is 23.9 Å². The van der Waals surface area contributed by atoms with Crippen molar-refractivity contribution in [2.45, 2.75) is 31.7 Å². The third-order valence-electron chi connectivity index (χ3n) is 3.89. The van der Waals surface area contributed by atoms with Crippen LogP contribution in [-0.4, -0.2) is 53.1 Å². The van der Waals surface area contributed by atoms with Crippen LogP contribution in [0.3, 0.4) is 0 Å². The van der Waals surface area contributed by atoms with Gasteiger partial charge in [0.2, 0.25) is 0 Å². The summed E-state index contributed by atoms with van der Waals surface area (Å²) in [4.78, 5) is 27.6. The van der Waals surface area contributed by atoms with Gasteiger partial charge in [-0.25, -0.2) is 4.79 Å². The molecule has 0 amide bonds. The van der Waals surface area contributed by atoms with Gasteiger partial charge in [-0.1, -0.05) is 6.92 Å². The summed E-state index contributed by atoms with van der Waals surface area (Å²) in [6.45, 7) is 4.95. The first-order chi connectivity index (χ1) is 9.69. The first kappa shape index (κ1) is 16.3. The predicted molar refractivity (Wildman–Crippen MR) is 85.8 cm³/mol. The molecular formula is C14H23N2O4P. The molecule has 1 aromatic rings. The summed E-state index contributed by atoms with van der Waals surface area (Å²) in [7, 11) is 0. The van der Waals surface area contributed by atoms with Crippen molar-refractivity contribution in [2.24, 2.45) is 5.92 Å². The second-order valence-corrected chi connectivity index (χ2v) is 10.7. The molecule has 1 aliphatic rings. The zero-order valence-corrected chi connectivity index (χ0v) is 13.5. The van der Waals surface area contributed by atoms with Gasteiger partial charge in [0, 0.05) is 12.1 Å². The maximum absolute atomic E-state index is 11.9. The highest BCUT2D eigenvalue weighted by atomic mass is 31.2. The van der Waals surface area contributed by atoms with Crippen LogP contribution in [0.25, 0.3) is 0 Å². The molecule has 0 spiro atoms. The normalized spacial score (nSPS) is 29.7. The monoisotopic (exact) mass is 314 g/mol. The molecule has 1 fully saturated rings. The topological polar surface area (TPSA) is 95.2 Å². The van der Waals surface area contributed by atoms with Crippen LogP contribution < -0.4 is 11.2 Å². The lowest BCUT2D eigenvalue weighted by Crippen LogP contribution is -2.28. The summed E-state index contributed by atoms with van der Waals surface area (Å²) < 4.78 is 5.89. The molecular weight excluding hydrogens is 291 g/mol. The smallest absolute Gasteiger partial charge is 0.325 e. The number of H-pyrrole nitrogens is 2. The molecule has 1 aromatic heterocycles. The molecule has 6 nitrogen and oxygen atoms in total. The number of rotatable bonds is 4. The van der Waals surface area contributed by atoms with E-state index in [0.29, 0.717) is 5.56 Å². The maximum atomic E-state index is 11.9. The molecule has 0 saturated carbocycles. The molecule has 0 aliphatic carbocycles. The van der Waals surface area contributed by atoms with Crippen molar-refractivity contribution in [3.63, 3.8) is 0 Å². The second-order valence-electron chi connectivity index (χ2n) is 6.42. The quantitative estimate of drug-likeness (QED) is 0.709.